The molecule has 0 saturated carbocycles. The van der Waals surface area contributed by atoms with Crippen molar-refractivity contribution in [1.29, 1.82) is 0 Å². The summed E-state index contributed by atoms with van der Waals surface area (Å²) in [5, 5.41) is 3.43. The summed E-state index contributed by atoms with van der Waals surface area (Å²) in [5.41, 5.74) is 3.10. The van der Waals surface area contributed by atoms with Crippen LogP contribution in [0.15, 0.2) is 36.5 Å². The van der Waals surface area contributed by atoms with Crippen LogP contribution in [0.1, 0.15) is 24.5 Å². The summed E-state index contributed by atoms with van der Waals surface area (Å²) in [7, 11) is 0. The molecule has 0 unspecified atom stereocenters. The average molecular weight is 272 g/mol. The average Bonchev–Trinajstić information content (AvgIpc) is 2.49. The Labute approximate surface area is 117 Å². The number of benzene rings is 1. The number of hydrogen-bond acceptors (Lipinski definition) is 3. The van der Waals surface area contributed by atoms with Gasteiger partial charge in [-0.2, -0.15) is 0 Å². The Bertz CT molecular complexity index is 598. The molecule has 3 rings (SSSR count). The zero-order valence-electron chi connectivity index (χ0n) is 11.4. The molecule has 4 heteroatoms. The molecule has 1 aliphatic heterocycles. The van der Waals surface area contributed by atoms with Gasteiger partial charge in [0, 0.05) is 6.20 Å². The molecule has 0 spiro atoms. The zero-order valence-corrected chi connectivity index (χ0v) is 11.4. The lowest BCUT2D eigenvalue weighted by Gasteiger charge is -2.26. The van der Waals surface area contributed by atoms with Gasteiger partial charge >= 0.3 is 0 Å². The number of ether oxygens (including phenoxy) is 1. The van der Waals surface area contributed by atoms with Gasteiger partial charge in [-0.1, -0.05) is 19.1 Å². The first-order valence-corrected chi connectivity index (χ1v) is 6.87. The molecule has 0 aliphatic carbocycles. The third kappa shape index (κ3) is 2.74. The van der Waals surface area contributed by atoms with Crippen LogP contribution in [0.3, 0.4) is 0 Å². The van der Waals surface area contributed by atoms with E-state index >= 15 is 0 Å². The molecule has 2 heterocycles. The van der Waals surface area contributed by atoms with Crippen LogP contribution in [0.25, 0.3) is 0 Å². The van der Waals surface area contributed by atoms with E-state index in [1.165, 1.54) is 12.1 Å². The van der Waals surface area contributed by atoms with Gasteiger partial charge in [0.2, 0.25) is 5.88 Å². The fourth-order valence-electron chi connectivity index (χ4n) is 2.31. The molecule has 1 N–H and O–H groups in total. The maximum atomic E-state index is 12.9. The second kappa shape index (κ2) is 5.49. The van der Waals surface area contributed by atoms with Crippen molar-refractivity contribution >= 4 is 5.69 Å². The molecule has 1 atom stereocenters. The fraction of sp³-hybridized carbons (Fsp3) is 0.312. The highest BCUT2D eigenvalue weighted by atomic mass is 19.1. The molecule has 20 heavy (non-hydrogen) atoms. The molecule has 0 bridgehead atoms. The second-order valence-electron chi connectivity index (χ2n) is 5.06. The standard InChI is InChI=1S/C16H17FN2O/c1-2-14-10-20-16-15(19-14)8-12(9-18-16)7-11-3-5-13(17)6-4-11/h3-6,8-9,14,19H,2,7,10H2,1H3/t14-/m0/s1. The van der Waals surface area contributed by atoms with E-state index in [1.807, 2.05) is 6.20 Å². The van der Waals surface area contributed by atoms with Crippen molar-refractivity contribution in [2.75, 3.05) is 11.9 Å². The maximum Gasteiger partial charge on any atom is 0.237 e. The van der Waals surface area contributed by atoms with E-state index in [4.69, 9.17) is 4.74 Å². The predicted octanol–water partition coefficient (Wildman–Crippen LogP) is 3.39. The summed E-state index contributed by atoms with van der Waals surface area (Å²) in [6.45, 7) is 2.79. The first-order chi connectivity index (χ1) is 9.74. The molecule has 1 aromatic carbocycles. The van der Waals surface area contributed by atoms with Gasteiger partial charge < -0.3 is 10.1 Å². The maximum absolute atomic E-state index is 12.9. The van der Waals surface area contributed by atoms with E-state index in [-0.39, 0.29) is 5.82 Å². The van der Waals surface area contributed by atoms with Gasteiger partial charge in [-0.3, -0.25) is 0 Å². The van der Waals surface area contributed by atoms with Crippen LogP contribution < -0.4 is 10.1 Å². The molecule has 1 aliphatic rings. The number of fused-ring (bicyclic) bond motifs is 1. The number of halogens is 1. The minimum atomic E-state index is -0.210. The zero-order chi connectivity index (χ0) is 13.9. The van der Waals surface area contributed by atoms with Gasteiger partial charge in [0.1, 0.15) is 12.4 Å². The number of aromatic nitrogens is 1. The third-order valence-electron chi connectivity index (χ3n) is 3.50. The summed E-state index contributed by atoms with van der Waals surface area (Å²) in [5.74, 6) is 0.454. The molecule has 0 saturated heterocycles. The number of rotatable bonds is 3. The van der Waals surface area contributed by atoms with Crippen molar-refractivity contribution in [3.63, 3.8) is 0 Å². The Morgan fingerprint density at radius 1 is 1.30 bits per heavy atom. The minimum absolute atomic E-state index is 0.210. The smallest absolute Gasteiger partial charge is 0.237 e. The van der Waals surface area contributed by atoms with Crippen molar-refractivity contribution in [3.05, 3.63) is 53.5 Å². The summed E-state index contributed by atoms with van der Waals surface area (Å²) < 4.78 is 18.5. The minimum Gasteiger partial charge on any atom is -0.474 e. The van der Waals surface area contributed by atoms with Crippen LogP contribution in [0, 0.1) is 5.82 Å². The third-order valence-corrected chi connectivity index (χ3v) is 3.50. The van der Waals surface area contributed by atoms with Crippen LogP contribution in [-0.4, -0.2) is 17.6 Å². The Balaban J connectivity index is 1.79. The Morgan fingerprint density at radius 2 is 2.10 bits per heavy atom. The number of pyridine rings is 1. The van der Waals surface area contributed by atoms with Gasteiger partial charge in [-0.25, -0.2) is 9.37 Å². The molecular weight excluding hydrogens is 255 g/mol. The Morgan fingerprint density at radius 3 is 2.85 bits per heavy atom. The van der Waals surface area contributed by atoms with Crippen molar-refractivity contribution in [1.82, 2.24) is 4.98 Å². The van der Waals surface area contributed by atoms with Crippen LogP contribution >= 0.6 is 0 Å². The van der Waals surface area contributed by atoms with E-state index in [0.717, 1.165) is 29.7 Å². The van der Waals surface area contributed by atoms with E-state index in [0.29, 0.717) is 18.5 Å². The quantitative estimate of drug-likeness (QED) is 0.930. The van der Waals surface area contributed by atoms with Crippen molar-refractivity contribution < 1.29 is 9.13 Å². The number of nitrogens with one attached hydrogen (secondary N) is 1. The van der Waals surface area contributed by atoms with Crippen molar-refractivity contribution in [2.45, 2.75) is 25.8 Å². The van der Waals surface area contributed by atoms with E-state index in [1.54, 1.807) is 12.1 Å². The van der Waals surface area contributed by atoms with Crippen LogP contribution in [0.2, 0.25) is 0 Å². The first-order valence-electron chi connectivity index (χ1n) is 6.87. The normalized spacial score (nSPS) is 17.0. The van der Waals surface area contributed by atoms with Gasteiger partial charge in [0.15, 0.2) is 0 Å². The largest absolute Gasteiger partial charge is 0.474 e. The van der Waals surface area contributed by atoms with Gasteiger partial charge in [0.05, 0.1) is 11.7 Å². The highest BCUT2D eigenvalue weighted by Gasteiger charge is 2.18. The lowest BCUT2D eigenvalue weighted by molar-refractivity contribution is 0.270. The SMILES string of the molecule is CC[C@H]1COc2ncc(Cc3ccc(F)cc3)cc2N1. The lowest BCUT2D eigenvalue weighted by Crippen LogP contribution is -2.31. The molecule has 0 radical (unpaired) electrons. The molecule has 104 valence electrons. The van der Waals surface area contributed by atoms with E-state index in [9.17, 15) is 4.39 Å². The van der Waals surface area contributed by atoms with Crippen LogP contribution in [0.4, 0.5) is 10.1 Å². The van der Waals surface area contributed by atoms with Crippen LogP contribution in [-0.2, 0) is 6.42 Å². The number of anilines is 1. The van der Waals surface area contributed by atoms with E-state index < -0.39 is 0 Å². The Kier molecular flexibility index (Phi) is 3.54. The molecular formula is C16H17FN2O. The van der Waals surface area contributed by atoms with Crippen molar-refractivity contribution in [2.24, 2.45) is 0 Å². The van der Waals surface area contributed by atoms with Gasteiger partial charge in [-0.15, -0.1) is 0 Å². The summed E-state index contributed by atoms with van der Waals surface area (Å²) in [6.07, 6.45) is 3.57. The summed E-state index contributed by atoms with van der Waals surface area (Å²) >= 11 is 0. The Hall–Kier alpha value is -2.10. The van der Waals surface area contributed by atoms with Gasteiger partial charge in [0.25, 0.3) is 0 Å². The molecule has 1 aromatic heterocycles. The molecule has 3 nitrogen and oxygen atoms in total. The molecule has 0 fully saturated rings. The second-order valence-corrected chi connectivity index (χ2v) is 5.06. The summed E-state index contributed by atoms with van der Waals surface area (Å²) in [4.78, 5) is 4.34. The van der Waals surface area contributed by atoms with Gasteiger partial charge in [-0.05, 0) is 42.2 Å². The number of hydrogen-bond donors (Lipinski definition) is 1. The van der Waals surface area contributed by atoms with E-state index in [2.05, 4.69) is 23.3 Å². The molecule has 0 amide bonds. The highest BCUT2D eigenvalue weighted by Crippen LogP contribution is 2.28. The highest BCUT2D eigenvalue weighted by molar-refractivity contribution is 5.56. The van der Waals surface area contributed by atoms with Crippen LogP contribution in [0.5, 0.6) is 5.88 Å². The molecule has 2 aromatic rings. The fourth-order valence-corrected chi connectivity index (χ4v) is 2.31. The first kappa shape index (κ1) is 12.9. The lowest BCUT2D eigenvalue weighted by atomic mass is 10.1. The monoisotopic (exact) mass is 272 g/mol. The topological polar surface area (TPSA) is 34.1 Å². The van der Waals surface area contributed by atoms with Crippen molar-refractivity contribution in [3.8, 4) is 5.88 Å². The number of nitrogens with zero attached hydrogens (tertiary/aromatic N) is 1. The predicted molar refractivity (Wildman–Crippen MR) is 76.6 cm³/mol. The summed E-state index contributed by atoms with van der Waals surface area (Å²) in [6, 6.07) is 8.96.